The normalized spacial score (nSPS) is 37.6. The third kappa shape index (κ3) is 1.64. The molecule has 0 aromatic heterocycles. The summed E-state index contributed by atoms with van der Waals surface area (Å²) in [4.78, 5) is 0. The number of alkyl halides is 1. The van der Waals surface area contributed by atoms with Gasteiger partial charge in [0.25, 0.3) is 0 Å². The lowest BCUT2D eigenvalue weighted by molar-refractivity contribution is 0.164. The third-order valence-electron chi connectivity index (χ3n) is 3.72. The van der Waals surface area contributed by atoms with Crippen LogP contribution < -0.4 is 0 Å². The van der Waals surface area contributed by atoms with Crippen LogP contribution in [0.4, 0.5) is 4.39 Å². The van der Waals surface area contributed by atoms with E-state index in [1.807, 2.05) is 24.3 Å². The Morgan fingerprint density at radius 1 is 1.25 bits per heavy atom. The average molecular weight is 241 g/mol. The van der Waals surface area contributed by atoms with Crippen molar-refractivity contribution in [2.45, 2.75) is 43.6 Å². The van der Waals surface area contributed by atoms with Crippen LogP contribution in [0.1, 0.15) is 37.4 Å². The van der Waals surface area contributed by atoms with Gasteiger partial charge in [-0.3, -0.25) is 0 Å². The van der Waals surface area contributed by atoms with Crippen LogP contribution in [0.15, 0.2) is 24.3 Å². The van der Waals surface area contributed by atoms with Crippen molar-refractivity contribution in [3.8, 4) is 0 Å². The summed E-state index contributed by atoms with van der Waals surface area (Å²) in [6, 6.07) is 7.77. The highest BCUT2D eigenvalue weighted by atomic mass is 35.5. The second-order valence-electron chi connectivity index (χ2n) is 4.76. The highest BCUT2D eigenvalue weighted by molar-refractivity contribution is 6.31. The molecule has 1 heterocycles. The number of hydrogen-bond donors (Lipinski definition) is 0. The first-order chi connectivity index (χ1) is 7.71. The first-order valence-electron chi connectivity index (χ1n) is 5.78. The van der Waals surface area contributed by atoms with Gasteiger partial charge in [-0.2, -0.15) is 0 Å². The van der Waals surface area contributed by atoms with Gasteiger partial charge in [0, 0.05) is 10.6 Å². The van der Waals surface area contributed by atoms with Gasteiger partial charge in [-0.25, -0.2) is 4.39 Å². The van der Waals surface area contributed by atoms with E-state index in [9.17, 15) is 4.39 Å². The largest absolute Gasteiger partial charge is 0.361 e. The van der Waals surface area contributed by atoms with E-state index >= 15 is 0 Å². The third-order valence-corrected chi connectivity index (χ3v) is 4.07. The van der Waals surface area contributed by atoms with Crippen LogP contribution in [0.3, 0.4) is 0 Å². The monoisotopic (exact) mass is 240 g/mol. The predicted molar refractivity (Wildman–Crippen MR) is 61.4 cm³/mol. The fourth-order valence-corrected chi connectivity index (χ4v) is 2.92. The average Bonchev–Trinajstić information content (AvgIpc) is 2.98. The molecule has 1 spiro atoms. The van der Waals surface area contributed by atoms with Gasteiger partial charge in [0.2, 0.25) is 0 Å². The number of ether oxygens (including phenoxy) is 1. The molecule has 0 bridgehead atoms. The van der Waals surface area contributed by atoms with Gasteiger partial charge in [0.15, 0.2) is 0 Å². The molecule has 3 rings (SSSR count). The summed E-state index contributed by atoms with van der Waals surface area (Å²) in [7, 11) is 0. The van der Waals surface area contributed by atoms with Crippen LogP contribution in [0.2, 0.25) is 5.02 Å². The minimum atomic E-state index is -0.637. The van der Waals surface area contributed by atoms with Crippen LogP contribution >= 0.6 is 11.6 Å². The van der Waals surface area contributed by atoms with Gasteiger partial charge < -0.3 is 4.74 Å². The van der Waals surface area contributed by atoms with Gasteiger partial charge in [-0.05, 0) is 31.7 Å². The van der Waals surface area contributed by atoms with E-state index in [2.05, 4.69) is 0 Å². The second-order valence-corrected chi connectivity index (χ2v) is 5.17. The first kappa shape index (κ1) is 10.5. The molecule has 0 unspecified atom stereocenters. The second kappa shape index (κ2) is 3.71. The van der Waals surface area contributed by atoms with E-state index in [0.717, 1.165) is 23.4 Å². The summed E-state index contributed by atoms with van der Waals surface area (Å²) in [5.74, 6) is 0. The van der Waals surface area contributed by atoms with Crippen molar-refractivity contribution in [3.05, 3.63) is 34.9 Å². The fourth-order valence-electron chi connectivity index (χ4n) is 2.69. The van der Waals surface area contributed by atoms with Crippen molar-refractivity contribution in [1.29, 1.82) is 0 Å². The van der Waals surface area contributed by atoms with E-state index in [0.29, 0.717) is 12.8 Å². The molecule has 1 saturated carbocycles. The van der Waals surface area contributed by atoms with Crippen LogP contribution in [0.25, 0.3) is 0 Å². The Bertz CT molecular complexity index is 399. The molecule has 1 aliphatic carbocycles. The van der Waals surface area contributed by atoms with Gasteiger partial charge in [-0.1, -0.05) is 29.8 Å². The molecule has 1 aromatic rings. The Hall–Kier alpha value is -0.600. The van der Waals surface area contributed by atoms with E-state index in [1.54, 1.807) is 0 Å². The smallest absolute Gasteiger partial charge is 0.114 e. The lowest BCUT2D eigenvalue weighted by atomic mass is 9.83. The standard InChI is InChI=1S/C13H14ClFO/c14-11-4-2-1-3-10(11)12-13(16-12)7-5-9(15)6-8-13/h1-4,9,12H,5-8H2/t9?,12-,13?/m0/s1. The molecule has 1 saturated heterocycles. The van der Waals surface area contributed by atoms with E-state index in [1.165, 1.54) is 0 Å². The summed E-state index contributed by atoms with van der Waals surface area (Å²) in [5, 5.41) is 0.756. The van der Waals surface area contributed by atoms with Crippen molar-refractivity contribution in [2.24, 2.45) is 0 Å². The molecule has 3 heteroatoms. The van der Waals surface area contributed by atoms with Crippen LogP contribution in [0.5, 0.6) is 0 Å². The number of rotatable bonds is 1. The molecule has 1 aromatic carbocycles. The van der Waals surface area contributed by atoms with Crippen LogP contribution in [-0.2, 0) is 4.74 Å². The Morgan fingerprint density at radius 2 is 1.94 bits per heavy atom. The lowest BCUT2D eigenvalue weighted by Crippen LogP contribution is -2.22. The lowest BCUT2D eigenvalue weighted by Gasteiger charge is -2.21. The minimum absolute atomic E-state index is 0.0914. The van der Waals surface area contributed by atoms with Crippen molar-refractivity contribution >= 4 is 11.6 Å². The highest BCUT2D eigenvalue weighted by Crippen LogP contribution is 2.58. The van der Waals surface area contributed by atoms with E-state index in [-0.39, 0.29) is 11.7 Å². The summed E-state index contributed by atoms with van der Waals surface area (Å²) >= 11 is 6.14. The van der Waals surface area contributed by atoms with Gasteiger partial charge >= 0.3 is 0 Å². The molecule has 86 valence electrons. The number of epoxide rings is 1. The van der Waals surface area contributed by atoms with Gasteiger partial charge in [0.1, 0.15) is 12.3 Å². The van der Waals surface area contributed by atoms with Crippen molar-refractivity contribution in [1.82, 2.24) is 0 Å². The van der Waals surface area contributed by atoms with E-state index in [4.69, 9.17) is 16.3 Å². The molecule has 0 N–H and O–H groups in total. The number of hydrogen-bond acceptors (Lipinski definition) is 1. The zero-order valence-electron chi connectivity index (χ0n) is 8.96. The fraction of sp³-hybridized carbons (Fsp3) is 0.538. The first-order valence-corrected chi connectivity index (χ1v) is 6.15. The zero-order chi connectivity index (χ0) is 11.2. The van der Waals surface area contributed by atoms with Crippen LogP contribution in [0, 0.1) is 0 Å². The quantitative estimate of drug-likeness (QED) is 0.675. The molecule has 1 aliphatic heterocycles. The Balaban J connectivity index is 1.78. The number of halogens is 2. The Kier molecular flexibility index (Phi) is 2.45. The molecular formula is C13H14ClFO. The summed E-state index contributed by atoms with van der Waals surface area (Å²) in [6.45, 7) is 0. The topological polar surface area (TPSA) is 12.5 Å². The Morgan fingerprint density at radius 3 is 2.62 bits per heavy atom. The van der Waals surface area contributed by atoms with Gasteiger partial charge in [0.05, 0.1) is 5.60 Å². The minimum Gasteiger partial charge on any atom is -0.361 e. The molecular weight excluding hydrogens is 227 g/mol. The molecule has 1 atom stereocenters. The number of benzene rings is 1. The maximum absolute atomic E-state index is 13.1. The van der Waals surface area contributed by atoms with Crippen LogP contribution in [-0.4, -0.2) is 11.8 Å². The SMILES string of the molecule is FC1CCC2(CC1)O[C@H]2c1ccccc1Cl. The zero-order valence-corrected chi connectivity index (χ0v) is 9.71. The molecule has 0 radical (unpaired) electrons. The maximum atomic E-state index is 13.1. The maximum Gasteiger partial charge on any atom is 0.114 e. The summed E-state index contributed by atoms with van der Waals surface area (Å²) < 4.78 is 18.9. The molecule has 0 amide bonds. The molecule has 16 heavy (non-hydrogen) atoms. The van der Waals surface area contributed by atoms with Gasteiger partial charge in [-0.15, -0.1) is 0 Å². The summed E-state index contributed by atoms with van der Waals surface area (Å²) in [5.41, 5.74) is 0.953. The van der Waals surface area contributed by atoms with E-state index < -0.39 is 6.17 Å². The highest BCUT2D eigenvalue weighted by Gasteiger charge is 2.58. The predicted octanol–water partition coefficient (Wildman–Crippen LogP) is 4.06. The van der Waals surface area contributed by atoms with Crippen molar-refractivity contribution in [3.63, 3.8) is 0 Å². The molecule has 2 fully saturated rings. The molecule has 2 aliphatic rings. The summed E-state index contributed by atoms with van der Waals surface area (Å²) in [6.07, 6.45) is 2.35. The molecule has 1 nitrogen and oxygen atoms in total. The Labute approximate surface area is 99.6 Å². The van der Waals surface area contributed by atoms with Crippen molar-refractivity contribution in [2.75, 3.05) is 0 Å². The van der Waals surface area contributed by atoms with Crippen molar-refractivity contribution < 1.29 is 9.13 Å².